The van der Waals surface area contributed by atoms with Crippen LogP contribution < -0.4 is 4.72 Å². The lowest BCUT2D eigenvalue weighted by Crippen LogP contribution is -2.40. The van der Waals surface area contributed by atoms with Crippen LogP contribution in [-0.2, 0) is 15.4 Å². The molecule has 2 fully saturated rings. The van der Waals surface area contributed by atoms with Crippen molar-refractivity contribution in [3.63, 3.8) is 0 Å². The highest BCUT2D eigenvalue weighted by atomic mass is 32.2. The lowest BCUT2D eigenvalue weighted by atomic mass is 9.80. The maximum absolute atomic E-state index is 12.9. The maximum atomic E-state index is 12.9. The zero-order chi connectivity index (χ0) is 19.9. The summed E-state index contributed by atoms with van der Waals surface area (Å²) < 4.78 is 32.3. The molecule has 1 amide bonds. The van der Waals surface area contributed by atoms with E-state index in [0.29, 0.717) is 43.2 Å². The Morgan fingerprint density at radius 1 is 1.43 bits per heavy atom. The molecule has 0 unspecified atom stereocenters. The van der Waals surface area contributed by atoms with Crippen LogP contribution in [-0.4, -0.2) is 64.4 Å². The van der Waals surface area contributed by atoms with Gasteiger partial charge in [0.25, 0.3) is 5.91 Å². The summed E-state index contributed by atoms with van der Waals surface area (Å²) in [4.78, 5) is 19.1. The van der Waals surface area contributed by atoms with Gasteiger partial charge in [0, 0.05) is 19.1 Å². The monoisotopic (exact) mass is 406 g/mol. The summed E-state index contributed by atoms with van der Waals surface area (Å²) in [5, 5.41) is 11.4. The third-order valence-corrected chi connectivity index (χ3v) is 7.13. The van der Waals surface area contributed by atoms with E-state index in [1.807, 2.05) is 0 Å². The molecule has 0 radical (unpaired) electrons. The van der Waals surface area contributed by atoms with E-state index in [4.69, 9.17) is 4.52 Å². The predicted molar refractivity (Wildman–Crippen MR) is 97.8 cm³/mol. The number of nitrogens with zero attached hydrogens (tertiary/aromatic N) is 5. The average Bonchev–Trinajstić information content (AvgIpc) is 3.34. The Labute approximate surface area is 162 Å². The van der Waals surface area contributed by atoms with Gasteiger partial charge in [0.1, 0.15) is 0 Å². The Hall–Kier alpha value is -2.40. The molecule has 1 saturated carbocycles. The molecule has 3 atom stereocenters. The number of aromatic nitrogens is 4. The van der Waals surface area contributed by atoms with Crippen LogP contribution in [0.3, 0.4) is 0 Å². The van der Waals surface area contributed by atoms with Crippen molar-refractivity contribution in [1.29, 1.82) is 0 Å². The number of hydrogen-bond donors (Lipinski definition) is 1. The van der Waals surface area contributed by atoms with Crippen LogP contribution in [0, 0.1) is 12.8 Å². The molecule has 1 aliphatic heterocycles. The minimum Gasteiger partial charge on any atom is -0.339 e. The van der Waals surface area contributed by atoms with Gasteiger partial charge in [-0.2, -0.15) is 15.2 Å². The van der Waals surface area contributed by atoms with Crippen LogP contribution in [0.5, 0.6) is 0 Å². The molecule has 2 aromatic rings. The Morgan fingerprint density at radius 3 is 2.89 bits per heavy atom. The summed E-state index contributed by atoms with van der Waals surface area (Å²) in [7, 11) is -3.32. The topological polar surface area (TPSA) is 131 Å². The minimum absolute atomic E-state index is 0.0238. The maximum Gasteiger partial charge on any atom is 0.255 e. The van der Waals surface area contributed by atoms with Crippen molar-refractivity contribution < 1.29 is 17.7 Å². The molecule has 1 aliphatic carbocycles. The minimum atomic E-state index is -3.32. The van der Waals surface area contributed by atoms with E-state index in [1.54, 1.807) is 24.8 Å². The standard InChI is InChI=1S/C17H22N6O4S/c1-3-28(25,26)22-14-6-13-9-23(15(24)12-4-5-18-19-8-12)10-17(13,7-14)16-20-11(2)21-27-16/h4-5,8,13-14,22H,3,6-7,9-10H2,1-2H3/t13-,14+,17-/m0/s1. The molecule has 28 heavy (non-hydrogen) atoms. The summed E-state index contributed by atoms with van der Waals surface area (Å²) in [6.07, 6.45) is 4.05. The fraction of sp³-hybridized carbons (Fsp3) is 0.588. The molecule has 2 aromatic heterocycles. The average molecular weight is 406 g/mol. The first-order valence-corrected chi connectivity index (χ1v) is 10.8. The first-order valence-electron chi connectivity index (χ1n) is 9.20. The van der Waals surface area contributed by atoms with Gasteiger partial charge < -0.3 is 9.42 Å². The van der Waals surface area contributed by atoms with Crippen molar-refractivity contribution >= 4 is 15.9 Å². The molecule has 0 spiro atoms. The van der Waals surface area contributed by atoms with Gasteiger partial charge in [0.05, 0.1) is 29.1 Å². The van der Waals surface area contributed by atoms with Gasteiger partial charge in [0.2, 0.25) is 15.9 Å². The van der Waals surface area contributed by atoms with Gasteiger partial charge in [-0.1, -0.05) is 5.16 Å². The molecule has 11 heteroatoms. The molecule has 0 bridgehead atoms. The van der Waals surface area contributed by atoms with Gasteiger partial charge in [-0.05, 0) is 38.7 Å². The van der Waals surface area contributed by atoms with Crippen molar-refractivity contribution in [2.45, 2.75) is 38.1 Å². The number of likely N-dealkylation sites (tertiary alicyclic amines) is 1. The number of rotatable bonds is 5. The molecule has 1 N–H and O–H groups in total. The SMILES string of the molecule is CCS(=O)(=O)N[C@@H]1C[C@H]2CN(C(=O)c3ccnnc3)C[C@@]2(c2nc(C)no2)C1. The number of hydrogen-bond acceptors (Lipinski definition) is 8. The van der Waals surface area contributed by atoms with E-state index in [9.17, 15) is 13.2 Å². The molecule has 1 saturated heterocycles. The number of carbonyl (C=O) groups is 1. The Morgan fingerprint density at radius 2 is 2.25 bits per heavy atom. The highest BCUT2D eigenvalue weighted by Gasteiger charge is 2.58. The van der Waals surface area contributed by atoms with Crippen molar-refractivity contribution in [3.8, 4) is 0 Å². The number of fused-ring (bicyclic) bond motifs is 1. The molecule has 0 aromatic carbocycles. The molecule has 3 heterocycles. The second kappa shape index (κ2) is 6.89. The van der Waals surface area contributed by atoms with Crippen LogP contribution >= 0.6 is 0 Å². The fourth-order valence-corrected chi connectivity index (χ4v) is 5.24. The molecule has 10 nitrogen and oxygen atoms in total. The number of aryl methyl sites for hydroxylation is 1. The number of amides is 1. The Kier molecular flexibility index (Phi) is 4.66. The summed E-state index contributed by atoms with van der Waals surface area (Å²) in [6, 6.07) is 1.41. The zero-order valence-electron chi connectivity index (χ0n) is 15.7. The zero-order valence-corrected chi connectivity index (χ0v) is 16.5. The van der Waals surface area contributed by atoms with E-state index in [2.05, 4.69) is 25.1 Å². The van der Waals surface area contributed by atoms with Crippen LogP contribution in [0.2, 0.25) is 0 Å². The third-order valence-electron chi connectivity index (χ3n) is 5.67. The summed E-state index contributed by atoms with van der Waals surface area (Å²) >= 11 is 0. The largest absolute Gasteiger partial charge is 0.339 e. The van der Waals surface area contributed by atoms with Gasteiger partial charge in [0.15, 0.2) is 5.82 Å². The molecule has 2 aliphatic rings. The molecular formula is C17H22N6O4S. The van der Waals surface area contributed by atoms with E-state index in [0.717, 1.165) is 0 Å². The second-order valence-electron chi connectivity index (χ2n) is 7.47. The Bertz CT molecular complexity index is 979. The van der Waals surface area contributed by atoms with Gasteiger partial charge in [-0.3, -0.25) is 4.79 Å². The molecule has 150 valence electrons. The smallest absolute Gasteiger partial charge is 0.255 e. The first kappa shape index (κ1) is 18.9. The summed E-state index contributed by atoms with van der Waals surface area (Å²) in [5.41, 5.74) is -0.0896. The van der Waals surface area contributed by atoms with Crippen LogP contribution in [0.4, 0.5) is 0 Å². The lowest BCUT2D eigenvalue weighted by Gasteiger charge is -2.25. The highest BCUT2D eigenvalue weighted by molar-refractivity contribution is 7.89. The normalized spacial score (nSPS) is 27.1. The number of nitrogens with one attached hydrogen (secondary N) is 1. The number of carbonyl (C=O) groups excluding carboxylic acids is 1. The van der Waals surface area contributed by atoms with Crippen molar-refractivity contribution in [1.82, 2.24) is 30.0 Å². The summed E-state index contributed by atoms with van der Waals surface area (Å²) in [6.45, 7) is 4.24. The second-order valence-corrected chi connectivity index (χ2v) is 9.52. The van der Waals surface area contributed by atoms with Crippen molar-refractivity contribution in [3.05, 3.63) is 35.7 Å². The summed E-state index contributed by atoms with van der Waals surface area (Å²) in [5.74, 6) is 0.905. The van der Waals surface area contributed by atoms with E-state index in [-0.39, 0.29) is 23.6 Å². The van der Waals surface area contributed by atoms with Gasteiger partial charge >= 0.3 is 0 Å². The van der Waals surface area contributed by atoms with Crippen LogP contribution in [0.25, 0.3) is 0 Å². The van der Waals surface area contributed by atoms with Crippen molar-refractivity contribution in [2.75, 3.05) is 18.8 Å². The van der Waals surface area contributed by atoms with E-state index in [1.165, 1.54) is 12.4 Å². The fourth-order valence-electron chi connectivity index (χ4n) is 4.38. The van der Waals surface area contributed by atoms with Gasteiger partial charge in [-0.25, -0.2) is 13.1 Å². The van der Waals surface area contributed by atoms with E-state index >= 15 is 0 Å². The molecular weight excluding hydrogens is 384 g/mol. The highest BCUT2D eigenvalue weighted by Crippen LogP contribution is 2.50. The first-order chi connectivity index (χ1) is 13.3. The predicted octanol–water partition coefficient (Wildman–Crippen LogP) is 0.280. The number of sulfonamides is 1. The van der Waals surface area contributed by atoms with Crippen LogP contribution in [0.15, 0.2) is 23.0 Å². The van der Waals surface area contributed by atoms with Crippen LogP contribution in [0.1, 0.15) is 41.8 Å². The quantitative estimate of drug-likeness (QED) is 0.749. The van der Waals surface area contributed by atoms with Crippen molar-refractivity contribution in [2.24, 2.45) is 5.92 Å². The van der Waals surface area contributed by atoms with E-state index < -0.39 is 15.4 Å². The lowest BCUT2D eigenvalue weighted by molar-refractivity contribution is 0.0772. The third kappa shape index (κ3) is 3.28. The Balaban J connectivity index is 1.62. The van der Waals surface area contributed by atoms with Gasteiger partial charge in [-0.15, -0.1) is 0 Å². The molecule has 4 rings (SSSR count).